The van der Waals surface area contributed by atoms with Crippen LogP contribution in [0.15, 0.2) is 0 Å². The molecule has 5 heteroatoms. The average molecular weight is 136 g/mol. The summed E-state index contributed by atoms with van der Waals surface area (Å²) in [5.41, 5.74) is 2.61. The summed E-state index contributed by atoms with van der Waals surface area (Å²) >= 11 is 0.611. The van der Waals surface area contributed by atoms with Gasteiger partial charge in [-0.2, -0.15) is 4.83 Å². The summed E-state index contributed by atoms with van der Waals surface area (Å²) in [5.74, 6) is 0. The minimum absolute atomic E-state index is 0.611. The van der Waals surface area contributed by atoms with Gasteiger partial charge in [0.25, 0.3) is 0 Å². The molecular formula is C3H8N2O2S. The van der Waals surface area contributed by atoms with Gasteiger partial charge in [0, 0.05) is 6.54 Å². The van der Waals surface area contributed by atoms with Crippen molar-refractivity contribution in [2.45, 2.75) is 6.92 Å². The van der Waals surface area contributed by atoms with Crippen LogP contribution in [0.3, 0.4) is 0 Å². The summed E-state index contributed by atoms with van der Waals surface area (Å²) in [4.78, 5) is 12.1. The highest BCUT2D eigenvalue weighted by molar-refractivity contribution is 8.11. The lowest BCUT2D eigenvalue weighted by molar-refractivity contribution is 0.222. The van der Waals surface area contributed by atoms with E-state index in [1.807, 2.05) is 6.92 Å². The van der Waals surface area contributed by atoms with Crippen molar-refractivity contribution in [2.75, 3.05) is 6.54 Å². The third kappa shape index (κ3) is 5.74. The van der Waals surface area contributed by atoms with Gasteiger partial charge in [0.15, 0.2) is 0 Å². The van der Waals surface area contributed by atoms with E-state index in [1.54, 1.807) is 0 Å². The van der Waals surface area contributed by atoms with Gasteiger partial charge in [-0.05, 0) is 0 Å². The molecule has 0 amide bonds. The van der Waals surface area contributed by atoms with E-state index in [0.717, 1.165) is 0 Å². The summed E-state index contributed by atoms with van der Waals surface area (Å²) in [6, 6.07) is 0. The molecule has 0 heterocycles. The van der Waals surface area contributed by atoms with Crippen LogP contribution in [0.1, 0.15) is 6.92 Å². The van der Waals surface area contributed by atoms with E-state index in [1.165, 1.54) is 0 Å². The Balaban J connectivity index is 2.82. The number of hydrazine groups is 1. The van der Waals surface area contributed by atoms with Crippen LogP contribution in [0, 0.1) is 0 Å². The van der Waals surface area contributed by atoms with E-state index < -0.39 is 5.30 Å². The fourth-order valence-electron chi connectivity index (χ4n) is 0.152. The van der Waals surface area contributed by atoms with Crippen molar-refractivity contribution in [1.29, 1.82) is 0 Å². The molecule has 0 aliphatic rings. The van der Waals surface area contributed by atoms with Crippen LogP contribution >= 0.6 is 11.9 Å². The highest BCUT2D eigenvalue weighted by atomic mass is 32.2. The Hall–Kier alpha value is -0.260. The molecule has 48 valence electrons. The molecule has 8 heavy (non-hydrogen) atoms. The molecule has 0 rings (SSSR count). The third-order valence-electron chi connectivity index (χ3n) is 0.387. The Kier molecular flexibility index (Phi) is 4.73. The lowest BCUT2D eigenvalue weighted by Gasteiger charge is -1.96. The Labute approximate surface area is 51.8 Å². The van der Waals surface area contributed by atoms with E-state index in [-0.39, 0.29) is 0 Å². The van der Waals surface area contributed by atoms with Gasteiger partial charge in [0.2, 0.25) is 0 Å². The van der Waals surface area contributed by atoms with Gasteiger partial charge in [-0.25, -0.2) is 10.2 Å². The van der Waals surface area contributed by atoms with E-state index in [2.05, 4.69) is 10.3 Å². The van der Waals surface area contributed by atoms with Crippen LogP contribution in [0.2, 0.25) is 0 Å². The summed E-state index contributed by atoms with van der Waals surface area (Å²) < 4.78 is 0. The second-order valence-corrected chi connectivity index (χ2v) is 1.76. The molecule has 0 spiro atoms. The molecule has 0 saturated heterocycles. The second kappa shape index (κ2) is 4.89. The van der Waals surface area contributed by atoms with Gasteiger partial charge in [-0.15, -0.1) is 0 Å². The van der Waals surface area contributed by atoms with Crippen LogP contribution < -0.4 is 10.3 Å². The minimum Gasteiger partial charge on any atom is -0.472 e. The summed E-state index contributed by atoms with van der Waals surface area (Å²) in [6.07, 6.45) is 0. The molecule has 0 aromatic heterocycles. The Morgan fingerprint density at radius 2 is 2.50 bits per heavy atom. The SMILES string of the molecule is CCNNSC(=O)O. The van der Waals surface area contributed by atoms with Gasteiger partial charge < -0.3 is 5.11 Å². The lowest BCUT2D eigenvalue weighted by atomic mass is 10.8. The zero-order valence-electron chi connectivity index (χ0n) is 4.47. The zero-order valence-corrected chi connectivity index (χ0v) is 5.29. The smallest absolute Gasteiger partial charge is 0.381 e. The van der Waals surface area contributed by atoms with Crippen LogP contribution in [0.25, 0.3) is 0 Å². The van der Waals surface area contributed by atoms with Gasteiger partial charge >= 0.3 is 5.30 Å². The number of nitrogens with one attached hydrogen (secondary N) is 2. The van der Waals surface area contributed by atoms with Crippen molar-refractivity contribution < 1.29 is 9.90 Å². The summed E-state index contributed by atoms with van der Waals surface area (Å²) in [7, 11) is 0. The van der Waals surface area contributed by atoms with Crippen molar-refractivity contribution in [3.8, 4) is 0 Å². The molecule has 3 N–H and O–H groups in total. The number of hydrogen-bond donors (Lipinski definition) is 3. The van der Waals surface area contributed by atoms with Crippen LogP contribution in [-0.4, -0.2) is 17.0 Å². The second-order valence-electron chi connectivity index (χ2n) is 1.00. The molecule has 0 saturated carbocycles. The predicted octanol–water partition coefficient (Wildman–Crippen LogP) is 0.427. The zero-order chi connectivity index (χ0) is 6.41. The Bertz CT molecular complexity index is 77.7. The molecular weight excluding hydrogens is 128 g/mol. The number of hydrogen-bond acceptors (Lipinski definition) is 4. The van der Waals surface area contributed by atoms with Crippen molar-refractivity contribution in [1.82, 2.24) is 10.3 Å². The molecule has 0 aromatic carbocycles. The number of carboxylic acid groups (broad SMARTS) is 1. The first kappa shape index (κ1) is 7.74. The molecule has 0 radical (unpaired) electrons. The largest absolute Gasteiger partial charge is 0.472 e. The average Bonchev–Trinajstić information content (AvgIpc) is 1.66. The maximum absolute atomic E-state index is 9.73. The first-order valence-electron chi connectivity index (χ1n) is 2.15. The Morgan fingerprint density at radius 3 is 2.88 bits per heavy atom. The monoisotopic (exact) mass is 136 g/mol. The maximum Gasteiger partial charge on any atom is 0.381 e. The molecule has 0 unspecified atom stereocenters. The summed E-state index contributed by atoms with van der Waals surface area (Å²) in [6.45, 7) is 2.58. The molecule has 0 aromatic rings. The molecule has 4 nitrogen and oxygen atoms in total. The summed E-state index contributed by atoms with van der Waals surface area (Å²) in [5, 5.41) is 7.06. The number of rotatable bonds is 3. The quantitative estimate of drug-likeness (QED) is 0.298. The Morgan fingerprint density at radius 1 is 1.88 bits per heavy atom. The third-order valence-corrected chi connectivity index (χ3v) is 0.808. The van der Waals surface area contributed by atoms with Crippen molar-refractivity contribution in [3.05, 3.63) is 0 Å². The highest BCUT2D eigenvalue weighted by Gasteiger charge is 1.91. The first-order chi connectivity index (χ1) is 3.77. The van der Waals surface area contributed by atoms with Crippen molar-refractivity contribution in [2.24, 2.45) is 0 Å². The molecule has 0 atom stereocenters. The van der Waals surface area contributed by atoms with Gasteiger partial charge in [0.05, 0.1) is 11.9 Å². The van der Waals surface area contributed by atoms with Crippen LogP contribution in [0.4, 0.5) is 4.79 Å². The predicted molar refractivity (Wildman–Crippen MR) is 32.4 cm³/mol. The van der Waals surface area contributed by atoms with E-state index in [9.17, 15) is 4.79 Å². The number of carbonyl (C=O) groups is 1. The fraction of sp³-hybridized carbons (Fsp3) is 0.667. The first-order valence-corrected chi connectivity index (χ1v) is 2.96. The standard InChI is InChI=1S/C3H8N2O2S/c1-2-4-5-8-3(6)7/h4-5H,2H2,1H3,(H,6,7). The van der Waals surface area contributed by atoms with Crippen molar-refractivity contribution >= 4 is 17.2 Å². The molecule has 0 fully saturated rings. The van der Waals surface area contributed by atoms with Crippen LogP contribution in [0.5, 0.6) is 0 Å². The molecule has 0 bridgehead atoms. The van der Waals surface area contributed by atoms with E-state index >= 15 is 0 Å². The van der Waals surface area contributed by atoms with E-state index in [4.69, 9.17) is 5.11 Å². The van der Waals surface area contributed by atoms with E-state index in [0.29, 0.717) is 18.5 Å². The normalized spacial score (nSPS) is 9.12. The minimum atomic E-state index is -0.939. The topological polar surface area (TPSA) is 61.4 Å². The lowest BCUT2D eigenvalue weighted by Crippen LogP contribution is -2.25. The van der Waals surface area contributed by atoms with Gasteiger partial charge in [-0.3, -0.25) is 0 Å². The highest BCUT2D eigenvalue weighted by Crippen LogP contribution is 1.88. The molecule has 0 aliphatic heterocycles. The molecule has 0 aliphatic carbocycles. The van der Waals surface area contributed by atoms with Gasteiger partial charge in [0.1, 0.15) is 0 Å². The van der Waals surface area contributed by atoms with Crippen LogP contribution in [-0.2, 0) is 0 Å². The fourth-order valence-corrected chi connectivity index (χ4v) is 0.456. The van der Waals surface area contributed by atoms with Gasteiger partial charge in [-0.1, -0.05) is 6.92 Å². The maximum atomic E-state index is 9.73. The van der Waals surface area contributed by atoms with Crippen molar-refractivity contribution in [3.63, 3.8) is 0 Å².